The van der Waals surface area contributed by atoms with Gasteiger partial charge in [0.15, 0.2) is 5.65 Å². The van der Waals surface area contributed by atoms with E-state index in [1.54, 1.807) is 12.3 Å². The van der Waals surface area contributed by atoms with E-state index in [-0.39, 0.29) is 36.7 Å². The van der Waals surface area contributed by atoms with Crippen LogP contribution in [0.15, 0.2) is 60.8 Å². The molecule has 4 rings (SSSR count). The highest BCUT2D eigenvalue weighted by molar-refractivity contribution is 6.06. The van der Waals surface area contributed by atoms with Crippen LogP contribution >= 0.6 is 0 Å². The molecule has 0 bridgehead atoms. The van der Waals surface area contributed by atoms with Crippen molar-refractivity contribution in [3.8, 4) is 17.0 Å². The molecular weight excluding hydrogens is 430 g/mol. The van der Waals surface area contributed by atoms with Crippen LogP contribution in [0.2, 0.25) is 0 Å². The van der Waals surface area contributed by atoms with Crippen molar-refractivity contribution in [3.63, 3.8) is 0 Å². The fourth-order valence-corrected chi connectivity index (χ4v) is 3.74. The van der Waals surface area contributed by atoms with Gasteiger partial charge in [0.25, 0.3) is 11.8 Å². The van der Waals surface area contributed by atoms with Crippen molar-refractivity contribution < 1.29 is 14.7 Å². The number of hydrogen-bond acceptors (Lipinski definition) is 5. The van der Waals surface area contributed by atoms with Gasteiger partial charge in [0.1, 0.15) is 5.75 Å². The Labute approximate surface area is 197 Å². The van der Waals surface area contributed by atoms with Crippen LogP contribution in [0.1, 0.15) is 46.2 Å². The molecule has 0 aliphatic heterocycles. The Morgan fingerprint density at radius 1 is 1.00 bits per heavy atom. The molecule has 8 nitrogen and oxygen atoms in total. The smallest absolute Gasteiger partial charge is 0.252 e. The molecule has 2 heterocycles. The maximum Gasteiger partial charge on any atom is 0.252 e. The number of rotatable bonds is 7. The van der Waals surface area contributed by atoms with Gasteiger partial charge in [0.05, 0.1) is 22.8 Å². The summed E-state index contributed by atoms with van der Waals surface area (Å²) in [5, 5.41) is 20.1. The molecule has 0 aliphatic carbocycles. The fourth-order valence-electron chi connectivity index (χ4n) is 3.74. The van der Waals surface area contributed by atoms with Crippen LogP contribution in [-0.4, -0.2) is 44.8 Å². The summed E-state index contributed by atoms with van der Waals surface area (Å²) in [6, 6.07) is 15.8. The first-order valence-corrected chi connectivity index (χ1v) is 11.1. The van der Waals surface area contributed by atoms with Crippen LogP contribution in [-0.2, 0) is 0 Å². The van der Waals surface area contributed by atoms with E-state index in [1.807, 2.05) is 49.7 Å². The second-order valence-electron chi connectivity index (χ2n) is 8.35. The molecule has 2 amide bonds. The van der Waals surface area contributed by atoms with Crippen molar-refractivity contribution in [2.45, 2.75) is 26.8 Å². The zero-order valence-electron chi connectivity index (χ0n) is 19.4. The lowest BCUT2D eigenvalue weighted by Gasteiger charge is -2.12. The third kappa shape index (κ3) is 4.76. The molecule has 8 heteroatoms. The van der Waals surface area contributed by atoms with Gasteiger partial charge in [0.2, 0.25) is 0 Å². The highest BCUT2D eigenvalue weighted by atomic mass is 16.3. The minimum Gasteiger partial charge on any atom is -0.508 e. The largest absolute Gasteiger partial charge is 0.508 e. The predicted molar refractivity (Wildman–Crippen MR) is 131 cm³/mol. The second kappa shape index (κ2) is 9.74. The highest BCUT2D eigenvalue weighted by Crippen LogP contribution is 2.28. The van der Waals surface area contributed by atoms with Gasteiger partial charge in [-0.15, -0.1) is 0 Å². The molecule has 174 valence electrons. The lowest BCUT2D eigenvalue weighted by Crippen LogP contribution is -2.34. The van der Waals surface area contributed by atoms with Crippen LogP contribution in [0.25, 0.3) is 22.3 Å². The number of phenolic OH excluding ortho intramolecular Hbond substituents is 1. The number of pyridine rings is 1. The zero-order chi connectivity index (χ0) is 24.2. The van der Waals surface area contributed by atoms with Crippen molar-refractivity contribution in [2.75, 3.05) is 13.1 Å². The maximum atomic E-state index is 13.1. The number of benzene rings is 2. The molecule has 0 fully saturated rings. The Balaban J connectivity index is 1.54. The minimum absolute atomic E-state index is 0.0862. The van der Waals surface area contributed by atoms with Gasteiger partial charge >= 0.3 is 0 Å². The normalized spacial score (nSPS) is 11.1. The summed E-state index contributed by atoms with van der Waals surface area (Å²) in [4.78, 5) is 30.2. The fraction of sp³-hybridized carbons (Fsp3) is 0.231. The van der Waals surface area contributed by atoms with E-state index in [9.17, 15) is 14.7 Å². The molecule has 2 aromatic carbocycles. The quantitative estimate of drug-likeness (QED) is 0.365. The third-order valence-electron chi connectivity index (χ3n) is 5.55. The van der Waals surface area contributed by atoms with Crippen LogP contribution in [0.3, 0.4) is 0 Å². The second-order valence-corrected chi connectivity index (χ2v) is 8.35. The number of amides is 2. The molecule has 34 heavy (non-hydrogen) atoms. The maximum absolute atomic E-state index is 13.1. The van der Waals surface area contributed by atoms with Crippen molar-refractivity contribution in [2.24, 2.45) is 0 Å². The summed E-state index contributed by atoms with van der Waals surface area (Å²) in [7, 11) is 0. The molecule has 0 atom stereocenters. The van der Waals surface area contributed by atoms with Gasteiger partial charge in [-0.05, 0) is 56.7 Å². The van der Waals surface area contributed by atoms with Gasteiger partial charge < -0.3 is 15.7 Å². The molecular formula is C26H27N5O3. The third-order valence-corrected chi connectivity index (χ3v) is 5.55. The average molecular weight is 458 g/mol. The monoisotopic (exact) mass is 457 g/mol. The predicted octanol–water partition coefficient (Wildman–Crippen LogP) is 3.85. The molecule has 3 N–H and O–H groups in total. The van der Waals surface area contributed by atoms with E-state index in [4.69, 9.17) is 4.98 Å². The van der Waals surface area contributed by atoms with E-state index in [1.165, 1.54) is 24.3 Å². The SMILES string of the molecule is Cc1ccccc1-c1cc(C(=O)NCCNC(=O)c2ccc(O)cc2)c2cnn(C(C)C)c2n1. The number of nitrogens with zero attached hydrogens (tertiary/aromatic N) is 3. The number of carbonyl (C=O) groups is 2. The summed E-state index contributed by atoms with van der Waals surface area (Å²) in [5.41, 5.74) is 4.30. The Kier molecular flexibility index (Phi) is 6.58. The Morgan fingerprint density at radius 3 is 2.35 bits per heavy atom. The number of fused-ring (bicyclic) bond motifs is 1. The van der Waals surface area contributed by atoms with Gasteiger partial charge in [-0.25, -0.2) is 9.67 Å². The lowest BCUT2D eigenvalue weighted by molar-refractivity contribution is 0.0928. The first-order chi connectivity index (χ1) is 16.3. The summed E-state index contributed by atoms with van der Waals surface area (Å²) < 4.78 is 1.81. The zero-order valence-corrected chi connectivity index (χ0v) is 19.4. The van der Waals surface area contributed by atoms with Crippen molar-refractivity contribution in [1.82, 2.24) is 25.4 Å². The van der Waals surface area contributed by atoms with E-state index in [0.29, 0.717) is 27.9 Å². The Morgan fingerprint density at radius 2 is 1.68 bits per heavy atom. The average Bonchev–Trinajstić information content (AvgIpc) is 3.26. The van der Waals surface area contributed by atoms with Crippen molar-refractivity contribution >= 4 is 22.8 Å². The number of carbonyl (C=O) groups excluding carboxylic acids is 2. The van der Waals surface area contributed by atoms with Gasteiger partial charge in [-0.3, -0.25) is 9.59 Å². The van der Waals surface area contributed by atoms with E-state index in [0.717, 1.165) is 11.1 Å². The number of aromatic hydroxyl groups is 1. The number of hydrogen-bond donors (Lipinski definition) is 3. The summed E-state index contributed by atoms with van der Waals surface area (Å²) >= 11 is 0. The standard InChI is InChI=1S/C26H27N5O3/c1-16(2)31-24-22(15-29-31)21(14-23(30-24)20-7-5-4-6-17(20)3)26(34)28-13-12-27-25(33)18-8-10-19(32)11-9-18/h4-11,14-16,32H,12-13H2,1-3H3,(H,27,33)(H,28,34). The van der Waals surface area contributed by atoms with E-state index >= 15 is 0 Å². The van der Waals surface area contributed by atoms with Gasteiger partial charge in [-0.2, -0.15) is 5.10 Å². The molecule has 0 aliphatic rings. The summed E-state index contributed by atoms with van der Waals surface area (Å²) in [6.07, 6.45) is 1.67. The summed E-state index contributed by atoms with van der Waals surface area (Å²) in [5.74, 6) is -0.441. The molecule has 0 spiro atoms. The molecule has 0 radical (unpaired) electrons. The first-order valence-electron chi connectivity index (χ1n) is 11.1. The van der Waals surface area contributed by atoms with Gasteiger partial charge in [-0.1, -0.05) is 24.3 Å². The van der Waals surface area contributed by atoms with Crippen molar-refractivity contribution in [3.05, 3.63) is 77.5 Å². The number of phenols is 1. The molecule has 2 aromatic heterocycles. The topological polar surface area (TPSA) is 109 Å². The van der Waals surface area contributed by atoms with E-state index in [2.05, 4.69) is 15.7 Å². The first kappa shape index (κ1) is 23.0. The molecule has 0 saturated heterocycles. The molecule has 0 saturated carbocycles. The van der Waals surface area contributed by atoms with Crippen molar-refractivity contribution in [1.29, 1.82) is 0 Å². The van der Waals surface area contributed by atoms with Crippen LogP contribution in [0.4, 0.5) is 0 Å². The number of nitrogens with one attached hydrogen (secondary N) is 2. The molecule has 4 aromatic rings. The van der Waals surface area contributed by atoms with E-state index < -0.39 is 0 Å². The van der Waals surface area contributed by atoms with Gasteiger partial charge in [0, 0.05) is 30.3 Å². The number of aromatic nitrogens is 3. The van der Waals surface area contributed by atoms with Crippen LogP contribution in [0, 0.1) is 6.92 Å². The lowest BCUT2D eigenvalue weighted by atomic mass is 10.0. The Bertz CT molecular complexity index is 1340. The Hall–Kier alpha value is -4.20. The highest BCUT2D eigenvalue weighted by Gasteiger charge is 2.19. The van der Waals surface area contributed by atoms with Crippen LogP contribution < -0.4 is 10.6 Å². The minimum atomic E-state index is -0.277. The summed E-state index contributed by atoms with van der Waals surface area (Å²) in [6.45, 7) is 6.56. The molecule has 0 unspecified atom stereocenters. The van der Waals surface area contributed by atoms with Crippen LogP contribution in [0.5, 0.6) is 5.75 Å². The number of aryl methyl sites for hydroxylation is 1.